The number of halogens is 4. The summed E-state index contributed by atoms with van der Waals surface area (Å²) in [4.78, 5) is 10.4. The maximum Gasteiger partial charge on any atom is 0.403 e. The molecule has 0 spiro atoms. The molecule has 0 radical (unpaired) electrons. The van der Waals surface area contributed by atoms with Crippen molar-refractivity contribution in [1.29, 1.82) is 0 Å². The molecule has 0 aliphatic heterocycles. The van der Waals surface area contributed by atoms with Crippen molar-refractivity contribution in [3.8, 4) is 0 Å². The van der Waals surface area contributed by atoms with Gasteiger partial charge < -0.3 is 10.4 Å². The molecule has 0 fully saturated rings. The van der Waals surface area contributed by atoms with E-state index >= 15 is 0 Å². The zero-order valence-corrected chi connectivity index (χ0v) is 9.88. The number of carboxylic acids is 1. The molecule has 0 aliphatic carbocycles. The van der Waals surface area contributed by atoms with Crippen LogP contribution in [0.5, 0.6) is 0 Å². The van der Waals surface area contributed by atoms with Gasteiger partial charge in [0.2, 0.25) is 0 Å². The van der Waals surface area contributed by atoms with E-state index in [1.165, 1.54) is 24.3 Å². The number of nitrogens with one attached hydrogen (secondary N) is 1. The SMILES string of the molecule is O=C(O)C(CNCCc1ccc(F)cc1)C(F)(F)F. The lowest BCUT2D eigenvalue weighted by molar-refractivity contribution is -0.192. The first-order chi connectivity index (χ1) is 8.80. The third-order valence-electron chi connectivity index (χ3n) is 2.55. The second-order valence-corrected chi connectivity index (χ2v) is 4.01. The minimum atomic E-state index is -4.77. The Bertz CT molecular complexity index is 417. The fourth-order valence-electron chi connectivity index (χ4n) is 1.47. The van der Waals surface area contributed by atoms with Crippen LogP contribution in [0.2, 0.25) is 0 Å². The van der Waals surface area contributed by atoms with E-state index in [2.05, 4.69) is 5.32 Å². The number of alkyl halides is 3. The molecule has 0 aliphatic rings. The van der Waals surface area contributed by atoms with Crippen LogP contribution in [0.3, 0.4) is 0 Å². The van der Waals surface area contributed by atoms with Gasteiger partial charge in [0.1, 0.15) is 5.82 Å². The summed E-state index contributed by atoms with van der Waals surface area (Å²) >= 11 is 0. The molecule has 2 N–H and O–H groups in total. The lowest BCUT2D eigenvalue weighted by atomic mass is 10.1. The van der Waals surface area contributed by atoms with Crippen molar-refractivity contribution >= 4 is 5.97 Å². The van der Waals surface area contributed by atoms with E-state index in [0.717, 1.165) is 5.56 Å². The van der Waals surface area contributed by atoms with E-state index < -0.39 is 24.6 Å². The first-order valence-corrected chi connectivity index (χ1v) is 5.55. The predicted molar refractivity (Wildman–Crippen MR) is 60.2 cm³/mol. The fourth-order valence-corrected chi connectivity index (χ4v) is 1.47. The van der Waals surface area contributed by atoms with Gasteiger partial charge in [0.25, 0.3) is 0 Å². The molecule has 1 rings (SSSR count). The molecule has 1 aromatic rings. The Morgan fingerprint density at radius 1 is 1.26 bits per heavy atom. The summed E-state index contributed by atoms with van der Waals surface area (Å²) in [5.41, 5.74) is 0.757. The number of carboxylic acid groups (broad SMARTS) is 1. The van der Waals surface area contributed by atoms with E-state index in [4.69, 9.17) is 5.11 Å². The highest BCUT2D eigenvalue weighted by Gasteiger charge is 2.44. The summed E-state index contributed by atoms with van der Waals surface area (Å²) in [6.45, 7) is -0.495. The largest absolute Gasteiger partial charge is 0.481 e. The summed E-state index contributed by atoms with van der Waals surface area (Å²) in [6.07, 6.45) is -4.38. The molecule has 0 aromatic heterocycles. The fraction of sp³-hybridized carbons (Fsp3) is 0.417. The predicted octanol–water partition coefficient (Wildman–Crippen LogP) is 2.22. The zero-order chi connectivity index (χ0) is 14.5. The maximum atomic E-state index is 12.6. The molecule has 1 unspecified atom stereocenters. The van der Waals surface area contributed by atoms with E-state index in [0.29, 0.717) is 6.42 Å². The highest BCUT2D eigenvalue weighted by molar-refractivity contribution is 5.71. The first kappa shape index (κ1) is 15.4. The summed E-state index contributed by atoms with van der Waals surface area (Å²) in [7, 11) is 0. The Balaban J connectivity index is 2.37. The molecule has 0 saturated heterocycles. The molecule has 3 nitrogen and oxygen atoms in total. The van der Waals surface area contributed by atoms with E-state index in [1.807, 2.05) is 0 Å². The second kappa shape index (κ2) is 6.51. The summed E-state index contributed by atoms with van der Waals surface area (Å²) in [6, 6.07) is 5.56. The molecule has 0 bridgehead atoms. The van der Waals surface area contributed by atoms with Gasteiger partial charge in [-0.1, -0.05) is 12.1 Å². The van der Waals surface area contributed by atoms with Crippen LogP contribution in [0, 0.1) is 11.7 Å². The van der Waals surface area contributed by atoms with Gasteiger partial charge >= 0.3 is 12.1 Å². The van der Waals surface area contributed by atoms with Gasteiger partial charge in [-0.15, -0.1) is 0 Å². The molecule has 1 aromatic carbocycles. The third-order valence-corrected chi connectivity index (χ3v) is 2.55. The average molecular weight is 279 g/mol. The molecule has 1 atom stereocenters. The van der Waals surface area contributed by atoms with Gasteiger partial charge in [-0.05, 0) is 30.7 Å². The van der Waals surface area contributed by atoms with Crippen molar-refractivity contribution < 1.29 is 27.5 Å². The van der Waals surface area contributed by atoms with Crippen LogP contribution >= 0.6 is 0 Å². The molecule has 0 saturated carbocycles. The molecule has 106 valence electrons. The van der Waals surface area contributed by atoms with Gasteiger partial charge in [0.15, 0.2) is 5.92 Å². The van der Waals surface area contributed by atoms with Crippen molar-refractivity contribution in [2.75, 3.05) is 13.1 Å². The van der Waals surface area contributed by atoms with Gasteiger partial charge in [0.05, 0.1) is 0 Å². The minimum Gasteiger partial charge on any atom is -0.481 e. The van der Waals surface area contributed by atoms with Crippen LogP contribution in [0.25, 0.3) is 0 Å². The maximum absolute atomic E-state index is 12.6. The molecular weight excluding hydrogens is 266 g/mol. The number of benzene rings is 1. The standard InChI is InChI=1S/C12H13F4NO2/c13-9-3-1-8(2-4-9)5-6-17-7-10(11(18)19)12(14,15)16/h1-4,10,17H,5-7H2,(H,18,19). The van der Waals surface area contributed by atoms with Crippen molar-refractivity contribution in [2.45, 2.75) is 12.6 Å². The lowest BCUT2D eigenvalue weighted by Crippen LogP contribution is -2.39. The minimum absolute atomic E-state index is 0.186. The van der Waals surface area contributed by atoms with Crippen LogP contribution in [0.15, 0.2) is 24.3 Å². The molecule has 19 heavy (non-hydrogen) atoms. The normalized spacial score (nSPS) is 13.3. The monoisotopic (exact) mass is 279 g/mol. The van der Waals surface area contributed by atoms with E-state index in [9.17, 15) is 22.4 Å². The first-order valence-electron chi connectivity index (χ1n) is 5.55. The molecule has 7 heteroatoms. The Morgan fingerprint density at radius 2 is 1.84 bits per heavy atom. The highest BCUT2D eigenvalue weighted by atomic mass is 19.4. The topological polar surface area (TPSA) is 49.3 Å². The van der Waals surface area contributed by atoms with Gasteiger partial charge in [-0.3, -0.25) is 4.79 Å². The smallest absolute Gasteiger partial charge is 0.403 e. The van der Waals surface area contributed by atoms with Crippen molar-refractivity contribution in [2.24, 2.45) is 5.92 Å². The summed E-state index contributed by atoms with van der Waals surface area (Å²) in [5, 5.41) is 10.9. The summed E-state index contributed by atoms with van der Waals surface area (Å²) in [5.74, 6) is -4.71. The average Bonchev–Trinajstić information content (AvgIpc) is 2.29. The number of hydrogen-bond donors (Lipinski definition) is 2. The Morgan fingerprint density at radius 3 is 2.32 bits per heavy atom. The molecular formula is C12H13F4NO2. The highest BCUT2D eigenvalue weighted by Crippen LogP contribution is 2.25. The molecule has 0 amide bonds. The van der Waals surface area contributed by atoms with Crippen molar-refractivity contribution in [3.63, 3.8) is 0 Å². The van der Waals surface area contributed by atoms with E-state index in [-0.39, 0.29) is 12.4 Å². The van der Waals surface area contributed by atoms with Crippen LogP contribution in [0.1, 0.15) is 5.56 Å². The summed E-state index contributed by atoms with van der Waals surface area (Å²) < 4.78 is 49.5. The molecule has 0 heterocycles. The van der Waals surface area contributed by atoms with Crippen molar-refractivity contribution in [1.82, 2.24) is 5.32 Å². The number of hydrogen-bond acceptors (Lipinski definition) is 2. The van der Waals surface area contributed by atoms with Crippen LogP contribution in [0.4, 0.5) is 17.6 Å². The Labute approximate surface area is 107 Å². The van der Waals surface area contributed by atoms with Gasteiger partial charge in [0, 0.05) is 6.54 Å². The van der Waals surface area contributed by atoms with Crippen LogP contribution < -0.4 is 5.32 Å². The Kier molecular flexibility index (Phi) is 5.29. The van der Waals surface area contributed by atoms with Crippen LogP contribution in [-0.4, -0.2) is 30.3 Å². The van der Waals surface area contributed by atoms with Crippen molar-refractivity contribution in [3.05, 3.63) is 35.6 Å². The Hall–Kier alpha value is -1.63. The number of rotatable bonds is 6. The van der Waals surface area contributed by atoms with Gasteiger partial charge in [-0.25, -0.2) is 4.39 Å². The van der Waals surface area contributed by atoms with Gasteiger partial charge in [-0.2, -0.15) is 13.2 Å². The van der Waals surface area contributed by atoms with E-state index in [1.54, 1.807) is 0 Å². The number of aliphatic carboxylic acids is 1. The quantitative estimate of drug-likeness (QED) is 0.620. The number of carbonyl (C=O) groups is 1. The van der Waals surface area contributed by atoms with Crippen LogP contribution in [-0.2, 0) is 11.2 Å². The second-order valence-electron chi connectivity index (χ2n) is 4.01. The third kappa shape index (κ3) is 5.25. The zero-order valence-electron chi connectivity index (χ0n) is 9.88. The lowest BCUT2D eigenvalue weighted by Gasteiger charge is -2.16.